The average molecular weight is 243 g/mol. The Bertz CT molecular complexity index is 386. The summed E-state index contributed by atoms with van der Waals surface area (Å²) in [7, 11) is 2.14. The second kappa shape index (κ2) is 6.98. The zero-order valence-corrected chi connectivity index (χ0v) is 11.1. The summed E-state index contributed by atoms with van der Waals surface area (Å²) in [4.78, 5) is 13.1. The number of aromatic nitrogens is 2. The van der Waals surface area contributed by atoms with Crippen LogP contribution in [0.3, 0.4) is 0 Å². The Morgan fingerprint density at radius 1 is 1.50 bits per heavy atom. The molecule has 1 aromatic rings. The Kier molecular flexibility index (Phi) is 5.93. The molecular weight excluding hydrogens is 225 g/mol. The molecule has 0 N–H and O–H groups in total. The van der Waals surface area contributed by atoms with Crippen molar-refractivity contribution in [2.75, 3.05) is 20.1 Å². The maximum atomic E-state index is 10.8. The number of piperidine rings is 1. The van der Waals surface area contributed by atoms with Crippen LogP contribution in [0.4, 0.5) is 0 Å². The first-order chi connectivity index (χ1) is 8.16. The first-order valence-electron chi connectivity index (χ1n) is 6.08. The molecule has 2 rings (SSSR count). The zero-order chi connectivity index (χ0) is 12.3. The largest absolute Gasteiger partial charge is 1.00 e. The van der Waals surface area contributed by atoms with Gasteiger partial charge >= 0.3 is 18.9 Å². The van der Waals surface area contributed by atoms with Crippen LogP contribution in [-0.2, 0) is 6.54 Å². The quantitative estimate of drug-likeness (QED) is 0.528. The van der Waals surface area contributed by atoms with E-state index in [2.05, 4.69) is 17.0 Å². The van der Waals surface area contributed by atoms with E-state index >= 15 is 0 Å². The molecule has 18 heavy (non-hydrogen) atoms. The predicted molar refractivity (Wildman–Crippen MR) is 61.4 cm³/mol. The van der Waals surface area contributed by atoms with Gasteiger partial charge in [-0.15, -0.1) is 0 Å². The molecule has 1 aliphatic heterocycles. The smallest absolute Gasteiger partial charge is 0.543 e. The number of hydrogen-bond donors (Lipinski definition) is 0. The van der Waals surface area contributed by atoms with E-state index in [0.717, 1.165) is 19.5 Å². The second-order valence-corrected chi connectivity index (χ2v) is 4.76. The molecule has 5 nitrogen and oxygen atoms in total. The van der Waals surface area contributed by atoms with Gasteiger partial charge < -0.3 is 14.8 Å². The van der Waals surface area contributed by atoms with E-state index in [1.165, 1.54) is 29.8 Å². The number of carbonyl (C=O) groups is 1. The van der Waals surface area contributed by atoms with Gasteiger partial charge in [0.1, 0.15) is 0 Å². The summed E-state index contributed by atoms with van der Waals surface area (Å²) in [5, 5.41) is 14.8. The Morgan fingerprint density at radius 3 is 2.78 bits per heavy atom. The number of hydrogen-bond acceptors (Lipinski definition) is 4. The van der Waals surface area contributed by atoms with Crippen LogP contribution in [0.5, 0.6) is 0 Å². The van der Waals surface area contributed by atoms with Crippen LogP contribution < -0.4 is 24.0 Å². The van der Waals surface area contributed by atoms with E-state index in [1.54, 1.807) is 0 Å². The topological polar surface area (TPSA) is 61.2 Å². The molecule has 0 aromatic carbocycles. The summed E-state index contributed by atoms with van der Waals surface area (Å²) in [5.41, 5.74) is 0.179. The fourth-order valence-corrected chi connectivity index (χ4v) is 2.34. The molecule has 0 bridgehead atoms. The molecule has 0 spiro atoms. The molecule has 1 fully saturated rings. The van der Waals surface area contributed by atoms with Crippen molar-refractivity contribution in [2.45, 2.75) is 25.8 Å². The summed E-state index contributed by atoms with van der Waals surface area (Å²) in [6.07, 6.45) is 4.90. The third-order valence-corrected chi connectivity index (χ3v) is 3.51. The monoisotopic (exact) mass is 243 g/mol. The molecule has 1 saturated heterocycles. The Labute approximate surface area is 119 Å². The Morgan fingerprint density at radius 2 is 2.17 bits per heavy atom. The molecule has 0 amide bonds. The van der Waals surface area contributed by atoms with E-state index in [0.29, 0.717) is 12.5 Å². The predicted octanol–water partition coefficient (Wildman–Crippen LogP) is -3.02. The van der Waals surface area contributed by atoms with Gasteiger partial charge in [-0.2, -0.15) is 5.10 Å². The summed E-state index contributed by atoms with van der Waals surface area (Å²) >= 11 is 0. The molecule has 0 unspecified atom stereocenters. The van der Waals surface area contributed by atoms with Crippen LogP contribution in [0.1, 0.15) is 29.8 Å². The first kappa shape index (κ1) is 15.3. The molecule has 1 aromatic heterocycles. The molecule has 2 heterocycles. The van der Waals surface area contributed by atoms with E-state index in [4.69, 9.17) is 0 Å². The van der Waals surface area contributed by atoms with Crippen molar-refractivity contribution >= 4 is 5.97 Å². The van der Waals surface area contributed by atoms with E-state index in [-0.39, 0.29) is 24.6 Å². The molecule has 0 radical (unpaired) electrons. The summed E-state index contributed by atoms with van der Waals surface area (Å²) < 4.78 is 1.54. The zero-order valence-electron chi connectivity index (χ0n) is 11.1. The van der Waals surface area contributed by atoms with Gasteiger partial charge in [-0.3, -0.25) is 4.68 Å². The summed E-state index contributed by atoms with van der Waals surface area (Å²) in [5.74, 6) is -0.462. The number of likely N-dealkylation sites (tertiary alicyclic amines) is 1. The van der Waals surface area contributed by atoms with Crippen molar-refractivity contribution in [1.82, 2.24) is 14.7 Å². The molecule has 0 atom stereocenters. The molecule has 1 aliphatic rings. The molecule has 0 saturated carbocycles. The Hall–Kier alpha value is -0.763. The standard InChI is InChI=1S/C12H19N3O2.Li/c1-14-7-3-10(4-8-14)5-9-15-11(12(16)17)2-6-13-15;/h2,6,10H,3-5,7-9H2,1H3,(H,16,17);/q;+1/p-1. The third kappa shape index (κ3) is 3.87. The Balaban J connectivity index is 0.00000162. The summed E-state index contributed by atoms with van der Waals surface area (Å²) in [6.45, 7) is 2.94. The van der Waals surface area contributed by atoms with Gasteiger partial charge in [0.15, 0.2) is 0 Å². The number of rotatable bonds is 4. The summed E-state index contributed by atoms with van der Waals surface area (Å²) in [6, 6.07) is 1.49. The van der Waals surface area contributed by atoms with Crippen LogP contribution >= 0.6 is 0 Å². The minimum absolute atomic E-state index is 0. The van der Waals surface area contributed by atoms with Crippen LogP contribution in [0, 0.1) is 5.92 Å². The van der Waals surface area contributed by atoms with Crippen LogP contribution in [0.15, 0.2) is 12.3 Å². The number of nitrogens with zero attached hydrogens (tertiary/aromatic N) is 3. The maximum Gasteiger partial charge on any atom is 1.00 e. The number of aromatic carboxylic acids is 1. The van der Waals surface area contributed by atoms with E-state index in [9.17, 15) is 9.90 Å². The van der Waals surface area contributed by atoms with Gasteiger partial charge in [-0.1, -0.05) is 0 Å². The average Bonchev–Trinajstić information content (AvgIpc) is 2.76. The van der Waals surface area contributed by atoms with Gasteiger partial charge in [-0.25, -0.2) is 0 Å². The van der Waals surface area contributed by atoms with Crippen LogP contribution in [-0.4, -0.2) is 40.8 Å². The fourth-order valence-electron chi connectivity index (χ4n) is 2.34. The fraction of sp³-hybridized carbons (Fsp3) is 0.667. The van der Waals surface area contributed by atoms with Gasteiger partial charge in [0.2, 0.25) is 0 Å². The second-order valence-electron chi connectivity index (χ2n) is 4.76. The first-order valence-corrected chi connectivity index (χ1v) is 6.08. The maximum absolute atomic E-state index is 10.8. The number of carbonyl (C=O) groups excluding carboxylic acids is 1. The molecular formula is C12H18LiN3O2. The van der Waals surface area contributed by atoms with Gasteiger partial charge in [-0.05, 0) is 51.4 Å². The van der Waals surface area contributed by atoms with E-state index in [1.807, 2.05) is 0 Å². The van der Waals surface area contributed by atoms with Crippen molar-refractivity contribution in [3.63, 3.8) is 0 Å². The van der Waals surface area contributed by atoms with Crippen molar-refractivity contribution in [3.05, 3.63) is 18.0 Å². The van der Waals surface area contributed by atoms with Gasteiger partial charge in [0, 0.05) is 12.7 Å². The van der Waals surface area contributed by atoms with Crippen LogP contribution in [0.2, 0.25) is 0 Å². The SMILES string of the molecule is CN1CCC(CCn2nccc2C(=O)[O-])CC1.[Li+]. The molecule has 94 valence electrons. The molecule has 0 aliphatic carbocycles. The molecule has 6 heteroatoms. The van der Waals surface area contributed by atoms with Crippen LogP contribution in [0.25, 0.3) is 0 Å². The van der Waals surface area contributed by atoms with Crippen molar-refractivity contribution in [2.24, 2.45) is 5.92 Å². The van der Waals surface area contributed by atoms with Gasteiger partial charge in [0.25, 0.3) is 0 Å². The number of aryl methyl sites for hydroxylation is 1. The third-order valence-electron chi connectivity index (χ3n) is 3.51. The van der Waals surface area contributed by atoms with Crippen molar-refractivity contribution in [3.8, 4) is 0 Å². The van der Waals surface area contributed by atoms with E-state index < -0.39 is 5.97 Å². The minimum atomic E-state index is -1.15. The minimum Gasteiger partial charge on any atom is -0.543 e. The number of carboxylic acids is 1. The normalized spacial score (nSPS) is 17.4. The number of carboxylic acid groups (broad SMARTS) is 1. The van der Waals surface area contributed by atoms with Crippen molar-refractivity contribution in [1.29, 1.82) is 0 Å². The van der Waals surface area contributed by atoms with Crippen molar-refractivity contribution < 1.29 is 28.8 Å². The van der Waals surface area contributed by atoms with Gasteiger partial charge in [0.05, 0.1) is 11.7 Å².